The zero-order chi connectivity index (χ0) is 12.3. The summed E-state index contributed by atoms with van der Waals surface area (Å²) in [6, 6.07) is 9.52. The van der Waals surface area contributed by atoms with E-state index in [-0.39, 0.29) is 6.04 Å². The summed E-state index contributed by atoms with van der Waals surface area (Å²) in [6.45, 7) is 4.24. The molecule has 4 nitrogen and oxygen atoms in total. The first-order valence-corrected chi connectivity index (χ1v) is 5.81. The molecule has 1 heterocycles. The zero-order valence-electron chi connectivity index (χ0n) is 10.1. The smallest absolute Gasteiger partial charge is 0.247 e. The van der Waals surface area contributed by atoms with E-state index in [9.17, 15) is 0 Å². The van der Waals surface area contributed by atoms with E-state index in [2.05, 4.69) is 24.0 Å². The summed E-state index contributed by atoms with van der Waals surface area (Å²) in [7, 11) is 0. The number of rotatable bonds is 4. The lowest BCUT2D eigenvalue weighted by Gasteiger charge is -2.08. The monoisotopic (exact) mass is 231 g/mol. The molecule has 90 valence electrons. The molecule has 2 aromatic rings. The molecule has 4 heteroatoms. The number of benzene rings is 1. The SMILES string of the molecule is CC(C)C[C@@H](N)c1nnc(-c2ccccc2)o1. The number of nitrogens with two attached hydrogens (primary N) is 1. The molecule has 1 aromatic heterocycles. The standard InChI is InChI=1S/C13H17N3O/c1-9(2)8-11(14)13-16-15-12(17-13)10-6-4-3-5-7-10/h3-7,9,11H,8,14H2,1-2H3/t11-/m1/s1. The van der Waals surface area contributed by atoms with Crippen molar-refractivity contribution in [2.24, 2.45) is 11.7 Å². The third-order valence-corrected chi connectivity index (χ3v) is 2.50. The second-order valence-electron chi connectivity index (χ2n) is 4.55. The van der Waals surface area contributed by atoms with Gasteiger partial charge in [0.25, 0.3) is 0 Å². The van der Waals surface area contributed by atoms with Crippen LogP contribution in [-0.4, -0.2) is 10.2 Å². The number of aromatic nitrogens is 2. The van der Waals surface area contributed by atoms with E-state index >= 15 is 0 Å². The number of nitrogens with zero attached hydrogens (tertiary/aromatic N) is 2. The highest BCUT2D eigenvalue weighted by Crippen LogP contribution is 2.22. The Morgan fingerprint density at radius 3 is 2.53 bits per heavy atom. The largest absolute Gasteiger partial charge is 0.419 e. The van der Waals surface area contributed by atoms with Gasteiger partial charge in [-0.15, -0.1) is 10.2 Å². The van der Waals surface area contributed by atoms with Crippen molar-refractivity contribution in [3.8, 4) is 11.5 Å². The predicted octanol–water partition coefficient (Wildman–Crippen LogP) is 2.78. The van der Waals surface area contributed by atoms with Crippen LogP contribution in [0.1, 0.15) is 32.2 Å². The summed E-state index contributed by atoms with van der Waals surface area (Å²) in [5, 5.41) is 8.02. The van der Waals surface area contributed by atoms with Gasteiger partial charge in [0.1, 0.15) is 0 Å². The Morgan fingerprint density at radius 1 is 1.18 bits per heavy atom. The fraction of sp³-hybridized carbons (Fsp3) is 0.385. The second-order valence-corrected chi connectivity index (χ2v) is 4.55. The normalized spacial score (nSPS) is 12.9. The van der Waals surface area contributed by atoms with Gasteiger partial charge in [-0.2, -0.15) is 0 Å². The Morgan fingerprint density at radius 2 is 1.88 bits per heavy atom. The lowest BCUT2D eigenvalue weighted by atomic mass is 10.1. The van der Waals surface area contributed by atoms with E-state index in [4.69, 9.17) is 10.2 Å². The lowest BCUT2D eigenvalue weighted by molar-refractivity contribution is 0.408. The topological polar surface area (TPSA) is 64.9 Å². The van der Waals surface area contributed by atoms with E-state index in [1.54, 1.807) is 0 Å². The van der Waals surface area contributed by atoms with Crippen molar-refractivity contribution in [3.63, 3.8) is 0 Å². The highest BCUT2D eigenvalue weighted by molar-refractivity contribution is 5.51. The Labute approximate surface area is 101 Å². The summed E-state index contributed by atoms with van der Waals surface area (Å²) in [5.74, 6) is 1.55. The molecule has 0 spiro atoms. The summed E-state index contributed by atoms with van der Waals surface area (Å²) in [4.78, 5) is 0. The average molecular weight is 231 g/mol. The van der Waals surface area contributed by atoms with Crippen LogP contribution >= 0.6 is 0 Å². The molecule has 0 aliphatic rings. The van der Waals surface area contributed by atoms with Gasteiger partial charge in [0, 0.05) is 5.56 Å². The first-order chi connectivity index (χ1) is 8.16. The molecule has 0 bridgehead atoms. The quantitative estimate of drug-likeness (QED) is 0.878. The van der Waals surface area contributed by atoms with Gasteiger partial charge in [-0.05, 0) is 24.5 Å². The van der Waals surface area contributed by atoms with Gasteiger partial charge in [0.15, 0.2) is 0 Å². The highest BCUT2D eigenvalue weighted by Gasteiger charge is 2.16. The minimum Gasteiger partial charge on any atom is -0.419 e. The lowest BCUT2D eigenvalue weighted by Crippen LogP contribution is -2.13. The minimum absolute atomic E-state index is 0.181. The molecule has 17 heavy (non-hydrogen) atoms. The fourth-order valence-electron chi connectivity index (χ4n) is 1.69. The van der Waals surface area contributed by atoms with Gasteiger partial charge in [0.05, 0.1) is 6.04 Å². The minimum atomic E-state index is -0.181. The highest BCUT2D eigenvalue weighted by atomic mass is 16.4. The molecule has 0 unspecified atom stereocenters. The number of hydrogen-bond donors (Lipinski definition) is 1. The van der Waals surface area contributed by atoms with E-state index < -0.39 is 0 Å². The summed E-state index contributed by atoms with van der Waals surface area (Å²) in [6.07, 6.45) is 0.844. The molecular weight excluding hydrogens is 214 g/mol. The van der Waals surface area contributed by atoms with Crippen molar-refractivity contribution in [2.75, 3.05) is 0 Å². The van der Waals surface area contributed by atoms with E-state index in [0.717, 1.165) is 12.0 Å². The van der Waals surface area contributed by atoms with Crippen molar-refractivity contribution in [3.05, 3.63) is 36.2 Å². The predicted molar refractivity (Wildman–Crippen MR) is 66.1 cm³/mol. The van der Waals surface area contributed by atoms with Crippen molar-refractivity contribution >= 4 is 0 Å². The molecule has 0 radical (unpaired) electrons. The molecule has 0 saturated carbocycles. The molecular formula is C13H17N3O. The van der Waals surface area contributed by atoms with E-state index in [1.807, 2.05) is 30.3 Å². The van der Waals surface area contributed by atoms with Crippen LogP contribution < -0.4 is 5.73 Å². The maximum absolute atomic E-state index is 5.99. The van der Waals surface area contributed by atoms with Gasteiger partial charge < -0.3 is 10.2 Å². The van der Waals surface area contributed by atoms with E-state index in [0.29, 0.717) is 17.7 Å². The summed E-state index contributed by atoms with van der Waals surface area (Å²) >= 11 is 0. The molecule has 1 aromatic carbocycles. The number of hydrogen-bond acceptors (Lipinski definition) is 4. The van der Waals surface area contributed by atoms with Crippen LogP contribution in [0.15, 0.2) is 34.7 Å². The first kappa shape index (κ1) is 11.8. The van der Waals surface area contributed by atoms with Gasteiger partial charge in [-0.25, -0.2) is 0 Å². The zero-order valence-corrected chi connectivity index (χ0v) is 10.1. The van der Waals surface area contributed by atoms with Crippen LogP contribution in [0.3, 0.4) is 0 Å². The molecule has 0 aliphatic carbocycles. The summed E-state index contributed by atoms with van der Waals surface area (Å²) < 4.78 is 5.59. The van der Waals surface area contributed by atoms with Gasteiger partial charge >= 0.3 is 0 Å². The van der Waals surface area contributed by atoms with Crippen molar-refractivity contribution in [1.82, 2.24) is 10.2 Å². The van der Waals surface area contributed by atoms with Gasteiger partial charge in [-0.1, -0.05) is 32.0 Å². The third kappa shape index (κ3) is 2.91. The molecule has 0 saturated heterocycles. The van der Waals surface area contributed by atoms with Crippen molar-refractivity contribution in [2.45, 2.75) is 26.3 Å². The average Bonchev–Trinajstić information content (AvgIpc) is 2.78. The van der Waals surface area contributed by atoms with Crippen LogP contribution in [0.5, 0.6) is 0 Å². The van der Waals surface area contributed by atoms with Crippen molar-refractivity contribution in [1.29, 1.82) is 0 Å². The molecule has 2 N–H and O–H groups in total. The van der Waals surface area contributed by atoms with Crippen LogP contribution in [0.4, 0.5) is 0 Å². The maximum atomic E-state index is 5.99. The Kier molecular flexibility index (Phi) is 3.54. The Bertz CT molecular complexity index is 465. The Hall–Kier alpha value is -1.68. The van der Waals surface area contributed by atoms with Crippen molar-refractivity contribution < 1.29 is 4.42 Å². The van der Waals surface area contributed by atoms with Crippen LogP contribution in [0.2, 0.25) is 0 Å². The fourth-order valence-corrected chi connectivity index (χ4v) is 1.69. The second kappa shape index (κ2) is 5.10. The maximum Gasteiger partial charge on any atom is 0.247 e. The van der Waals surface area contributed by atoms with E-state index in [1.165, 1.54) is 0 Å². The van der Waals surface area contributed by atoms with Crippen LogP contribution in [0, 0.1) is 5.92 Å². The molecule has 0 fully saturated rings. The molecule has 1 atom stereocenters. The van der Waals surface area contributed by atoms with Gasteiger partial charge in [-0.3, -0.25) is 0 Å². The Balaban J connectivity index is 2.16. The van der Waals surface area contributed by atoms with Crippen LogP contribution in [-0.2, 0) is 0 Å². The first-order valence-electron chi connectivity index (χ1n) is 5.81. The molecule has 2 rings (SSSR count). The van der Waals surface area contributed by atoms with Crippen LogP contribution in [0.25, 0.3) is 11.5 Å². The summed E-state index contributed by atoms with van der Waals surface area (Å²) in [5.41, 5.74) is 6.91. The molecule has 0 aliphatic heterocycles. The molecule has 0 amide bonds. The van der Waals surface area contributed by atoms with Gasteiger partial charge in [0.2, 0.25) is 11.8 Å². The third-order valence-electron chi connectivity index (χ3n) is 2.50.